The summed E-state index contributed by atoms with van der Waals surface area (Å²) in [5, 5.41) is 2.08. The molecule has 29 heavy (non-hydrogen) atoms. The Hall–Kier alpha value is -1.57. The lowest BCUT2D eigenvalue weighted by Crippen LogP contribution is -2.42. The van der Waals surface area contributed by atoms with Crippen molar-refractivity contribution in [2.45, 2.75) is 70.4 Å². The van der Waals surface area contributed by atoms with Gasteiger partial charge in [0.1, 0.15) is 16.6 Å². The molecule has 1 saturated heterocycles. The third-order valence-electron chi connectivity index (χ3n) is 6.16. The van der Waals surface area contributed by atoms with E-state index in [2.05, 4.69) is 26.8 Å². The summed E-state index contributed by atoms with van der Waals surface area (Å²) in [5.41, 5.74) is 2.06. The molecule has 2 fully saturated rings. The van der Waals surface area contributed by atoms with Gasteiger partial charge in [-0.3, -0.25) is 0 Å². The highest BCUT2D eigenvalue weighted by Gasteiger charge is 2.28. The summed E-state index contributed by atoms with van der Waals surface area (Å²) >= 11 is 3.21. The monoisotopic (exact) mass is 428 g/mol. The van der Waals surface area contributed by atoms with Gasteiger partial charge in [-0.1, -0.05) is 6.42 Å². The molecule has 1 aliphatic heterocycles. The number of likely N-dealkylation sites (tertiary alicyclic amines) is 1. The fraction of sp³-hybridized carbons (Fsp3) is 0.591. The normalized spacial score (nSPS) is 23.5. The lowest BCUT2D eigenvalue weighted by Gasteiger charge is -2.38. The minimum atomic E-state index is 0.273. The molecular weight excluding hydrogens is 400 g/mol. The number of piperidine rings is 1. The molecule has 4 heterocycles. The van der Waals surface area contributed by atoms with Gasteiger partial charge in [-0.2, -0.15) is 9.36 Å². The first-order chi connectivity index (χ1) is 14.2. The molecule has 7 heteroatoms. The highest BCUT2D eigenvalue weighted by molar-refractivity contribution is 7.17. The number of aromatic nitrogens is 3. The number of rotatable bonds is 5. The average Bonchev–Trinajstić information content (AvgIpc) is 3.38. The Morgan fingerprint density at radius 1 is 1.10 bits per heavy atom. The molecule has 0 aromatic carbocycles. The van der Waals surface area contributed by atoms with Gasteiger partial charge in [-0.05, 0) is 87.6 Å². The van der Waals surface area contributed by atoms with Crippen LogP contribution in [-0.4, -0.2) is 44.5 Å². The van der Waals surface area contributed by atoms with Crippen LogP contribution in [0.3, 0.4) is 0 Å². The van der Waals surface area contributed by atoms with Gasteiger partial charge in [-0.15, -0.1) is 11.3 Å². The molecule has 5 nitrogen and oxygen atoms in total. The molecule has 0 atom stereocenters. The predicted molar refractivity (Wildman–Crippen MR) is 119 cm³/mol. The second-order valence-corrected chi connectivity index (χ2v) is 10.1. The summed E-state index contributed by atoms with van der Waals surface area (Å²) in [4.78, 5) is 13.5. The van der Waals surface area contributed by atoms with E-state index >= 15 is 0 Å². The second kappa shape index (κ2) is 8.66. The van der Waals surface area contributed by atoms with Crippen LogP contribution in [0.5, 0.6) is 5.88 Å². The molecule has 5 rings (SSSR count). The highest BCUT2D eigenvalue weighted by atomic mass is 32.1. The molecule has 0 bridgehead atoms. The van der Waals surface area contributed by atoms with E-state index in [4.69, 9.17) is 14.7 Å². The number of thiophene rings is 1. The first-order valence-corrected chi connectivity index (χ1v) is 12.5. The summed E-state index contributed by atoms with van der Waals surface area (Å²) in [6.45, 7) is 4.61. The fourth-order valence-corrected chi connectivity index (χ4v) is 6.16. The summed E-state index contributed by atoms with van der Waals surface area (Å²) < 4.78 is 11.9. The maximum atomic E-state index is 6.47. The van der Waals surface area contributed by atoms with Crippen LogP contribution in [0.2, 0.25) is 0 Å². The standard InChI is InChI=1S/C22H28N4OS2/c1-15-13-18(29-25-15)14-20-23-19-9-12-28-21(19)22(24-20)27-17-7-5-16(6-8-17)26-10-3-2-4-11-26/h9,12-13,16-17H,2-8,10-11,14H2,1H3. The van der Waals surface area contributed by atoms with Gasteiger partial charge in [0.2, 0.25) is 5.88 Å². The first kappa shape index (κ1) is 19.4. The topological polar surface area (TPSA) is 51.1 Å². The highest BCUT2D eigenvalue weighted by Crippen LogP contribution is 2.33. The van der Waals surface area contributed by atoms with Gasteiger partial charge in [0.05, 0.1) is 11.2 Å². The number of aryl methyl sites for hydroxylation is 1. The summed E-state index contributed by atoms with van der Waals surface area (Å²) in [7, 11) is 0. The second-order valence-electron chi connectivity index (χ2n) is 8.34. The lowest BCUT2D eigenvalue weighted by molar-refractivity contribution is 0.0756. The largest absolute Gasteiger partial charge is 0.473 e. The third kappa shape index (κ3) is 4.47. The van der Waals surface area contributed by atoms with Crippen LogP contribution in [0.25, 0.3) is 10.2 Å². The average molecular weight is 429 g/mol. The van der Waals surface area contributed by atoms with Gasteiger partial charge < -0.3 is 9.64 Å². The molecule has 2 aliphatic rings. The predicted octanol–water partition coefficient (Wildman–Crippen LogP) is 5.22. The van der Waals surface area contributed by atoms with E-state index < -0.39 is 0 Å². The molecule has 0 radical (unpaired) electrons. The van der Waals surface area contributed by atoms with Crippen LogP contribution in [0, 0.1) is 6.92 Å². The minimum Gasteiger partial charge on any atom is -0.473 e. The Bertz CT molecular complexity index is 955. The lowest BCUT2D eigenvalue weighted by atomic mass is 9.90. The van der Waals surface area contributed by atoms with Gasteiger partial charge >= 0.3 is 0 Å². The van der Waals surface area contributed by atoms with Crippen molar-refractivity contribution in [3.05, 3.63) is 33.9 Å². The van der Waals surface area contributed by atoms with Crippen molar-refractivity contribution in [1.29, 1.82) is 0 Å². The Labute approximate surface area is 180 Å². The van der Waals surface area contributed by atoms with E-state index in [1.807, 2.05) is 6.92 Å². The van der Waals surface area contributed by atoms with E-state index in [1.54, 1.807) is 11.3 Å². The summed E-state index contributed by atoms with van der Waals surface area (Å²) in [6.07, 6.45) is 9.88. The molecule has 0 spiro atoms. The quantitative estimate of drug-likeness (QED) is 0.557. The number of nitrogens with zero attached hydrogens (tertiary/aromatic N) is 4. The maximum absolute atomic E-state index is 6.47. The van der Waals surface area contributed by atoms with E-state index in [1.165, 1.54) is 61.6 Å². The zero-order valence-corrected chi connectivity index (χ0v) is 18.6. The van der Waals surface area contributed by atoms with Crippen molar-refractivity contribution < 1.29 is 4.74 Å². The van der Waals surface area contributed by atoms with Gasteiger partial charge in [0.15, 0.2) is 0 Å². The van der Waals surface area contributed by atoms with Gasteiger partial charge in [-0.25, -0.2) is 4.98 Å². The third-order valence-corrected chi connectivity index (χ3v) is 7.92. The molecule has 3 aromatic rings. The van der Waals surface area contributed by atoms with Crippen LogP contribution in [0.4, 0.5) is 0 Å². The Morgan fingerprint density at radius 3 is 2.69 bits per heavy atom. The van der Waals surface area contributed by atoms with E-state index in [0.29, 0.717) is 0 Å². The first-order valence-electron chi connectivity index (χ1n) is 10.8. The SMILES string of the molecule is Cc1cc(Cc2nc(OC3CCC(N4CCCCC4)CC3)c3sccc3n2)sn1. The van der Waals surface area contributed by atoms with Gasteiger partial charge in [0.25, 0.3) is 0 Å². The molecule has 0 N–H and O–H groups in total. The van der Waals surface area contributed by atoms with Crippen molar-refractivity contribution in [3.63, 3.8) is 0 Å². The van der Waals surface area contributed by atoms with Crippen molar-refractivity contribution in [3.8, 4) is 5.88 Å². The zero-order chi connectivity index (χ0) is 19.6. The Kier molecular flexibility index (Phi) is 5.79. The maximum Gasteiger partial charge on any atom is 0.235 e. The number of hydrogen-bond donors (Lipinski definition) is 0. The van der Waals surface area contributed by atoms with E-state index in [-0.39, 0.29) is 6.10 Å². The van der Waals surface area contributed by atoms with Crippen LogP contribution in [-0.2, 0) is 6.42 Å². The molecular formula is C22H28N4OS2. The molecule has 3 aromatic heterocycles. The molecule has 0 unspecified atom stereocenters. The van der Waals surface area contributed by atoms with Crippen molar-refractivity contribution in [2.24, 2.45) is 0 Å². The molecule has 154 valence electrons. The zero-order valence-electron chi connectivity index (χ0n) is 17.0. The summed E-state index contributed by atoms with van der Waals surface area (Å²) in [5.74, 6) is 1.61. The number of ether oxygens (including phenoxy) is 1. The van der Waals surface area contributed by atoms with Crippen LogP contribution in [0.1, 0.15) is 61.3 Å². The molecule has 1 saturated carbocycles. The minimum absolute atomic E-state index is 0.273. The fourth-order valence-electron chi connectivity index (χ4n) is 4.67. The van der Waals surface area contributed by atoms with Crippen molar-refractivity contribution in [2.75, 3.05) is 13.1 Å². The smallest absolute Gasteiger partial charge is 0.235 e. The van der Waals surface area contributed by atoms with Gasteiger partial charge in [0, 0.05) is 17.3 Å². The van der Waals surface area contributed by atoms with E-state index in [9.17, 15) is 0 Å². The molecule has 1 aliphatic carbocycles. The Morgan fingerprint density at radius 2 is 1.93 bits per heavy atom. The van der Waals surface area contributed by atoms with Crippen LogP contribution in [0.15, 0.2) is 17.5 Å². The number of hydrogen-bond acceptors (Lipinski definition) is 7. The van der Waals surface area contributed by atoms with Crippen molar-refractivity contribution in [1.82, 2.24) is 19.2 Å². The van der Waals surface area contributed by atoms with Crippen molar-refractivity contribution >= 4 is 33.1 Å². The number of fused-ring (bicyclic) bond motifs is 1. The Balaban J connectivity index is 1.28. The van der Waals surface area contributed by atoms with Crippen LogP contribution < -0.4 is 4.74 Å². The molecule has 0 amide bonds. The van der Waals surface area contributed by atoms with E-state index in [0.717, 1.165) is 52.9 Å². The van der Waals surface area contributed by atoms with Crippen LogP contribution >= 0.6 is 22.9 Å². The summed E-state index contributed by atoms with van der Waals surface area (Å²) in [6, 6.07) is 4.95.